The summed E-state index contributed by atoms with van der Waals surface area (Å²) in [5.41, 5.74) is 5.67. The lowest BCUT2D eigenvalue weighted by atomic mass is 9.91. The van der Waals surface area contributed by atoms with Crippen molar-refractivity contribution in [3.63, 3.8) is 0 Å². The van der Waals surface area contributed by atoms with Crippen LogP contribution in [0.3, 0.4) is 0 Å². The van der Waals surface area contributed by atoms with E-state index < -0.39 is 0 Å². The van der Waals surface area contributed by atoms with Crippen LogP contribution in [0.1, 0.15) is 29.2 Å². The summed E-state index contributed by atoms with van der Waals surface area (Å²) in [7, 11) is 0. The van der Waals surface area contributed by atoms with Crippen LogP contribution < -0.4 is 5.32 Å². The maximum absolute atomic E-state index is 3.51. The van der Waals surface area contributed by atoms with Crippen LogP contribution in [0.15, 0.2) is 48.5 Å². The van der Waals surface area contributed by atoms with Crippen molar-refractivity contribution >= 4 is 0 Å². The summed E-state index contributed by atoms with van der Waals surface area (Å²) in [4.78, 5) is 0. The zero-order valence-electron chi connectivity index (χ0n) is 13.5. The predicted octanol–water partition coefficient (Wildman–Crippen LogP) is 4.31. The second-order valence-electron chi connectivity index (χ2n) is 5.99. The maximum Gasteiger partial charge on any atom is -0.00143 e. The van der Waals surface area contributed by atoms with Crippen LogP contribution in [0.5, 0.6) is 0 Å². The molecule has 0 radical (unpaired) electrons. The van der Waals surface area contributed by atoms with E-state index in [1.165, 1.54) is 22.3 Å². The number of rotatable bonds is 7. The normalized spacial score (nSPS) is 12.3. The van der Waals surface area contributed by atoms with Gasteiger partial charge in [0.25, 0.3) is 0 Å². The maximum atomic E-state index is 3.51. The van der Waals surface area contributed by atoms with Crippen LogP contribution in [-0.2, 0) is 12.8 Å². The smallest absolute Gasteiger partial charge is 0.00143 e. The van der Waals surface area contributed by atoms with Crippen molar-refractivity contribution < 1.29 is 0 Å². The summed E-state index contributed by atoms with van der Waals surface area (Å²) in [6.07, 6.45) is 2.28. The molecular weight excluding hydrogens is 254 g/mol. The molecule has 1 atom stereocenters. The van der Waals surface area contributed by atoms with Crippen molar-refractivity contribution in [2.24, 2.45) is 5.92 Å². The van der Waals surface area contributed by atoms with Crippen molar-refractivity contribution in [1.82, 2.24) is 5.32 Å². The summed E-state index contributed by atoms with van der Waals surface area (Å²) < 4.78 is 0. The molecule has 0 saturated heterocycles. The molecule has 2 aromatic carbocycles. The molecule has 112 valence electrons. The van der Waals surface area contributed by atoms with Crippen molar-refractivity contribution in [1.29, 1.82) is 0 Å². The highest BCUT2D eigenvalue weighted by Crippen LogP contribution is 2.17. The van der Waals surface area contributed by atoms with Gasteiger partial charge in [-0.2, -0.15) is 0 Å². The standard InChI is InChI=1S/C20H27N/c1-4-21-15-20(13-18-8-6-5-7-9-18)14-19-11-10-16(2)17(3)12-19/h5-12,20-21H,4,13-15H2,1-3H3. The van der Waals surface area contributed by atoms with E-state index in [9.17, 15) is 0 Å². The number of hydrogen-bond acceptors (Lipinski definition) is 1. The molecule has 0 saturated carbocycles. The lowest BCUT2D eigenvalue weighted by Crippen LogP contribution is -2.25. The first-order valence-electron chi connectivity index (χ1n) is 7.99. The van der Waals surface area contributed by atoms with Gasteiger partial charge < -0.3 is 5.32 Å². The SMILES string of the molecule is CCNCC(Cc1ccccc1)Cc1ccc(C)c(C)c1. The molecule has 0 aliphatic rings. The molecule has 2 aromatic rings. The second kappa shape index (κ2) is 7.99. The minimum absolute atomic E-state index is 0.648. The summed E-state index contributed by atoms with van der Waals surface area (Å²) in [6.45, 7) is 8.68. The van der Waals surface area contributed by atoms with Gasteiger partial charge in [0.05, 0.1) is 0 Å². The van der Waals surface area contributed by atoms with Gasteiger partial charge in [0.2, 0.25) is 0 Å². The van der Waals surface area contributed by atoms with Crippen molar-refractivity contribution in [2.45, 2.75) is 33.6 Å². The van der Waals surface area contributed by atoms with E-state index in [0.717, 1.165) is 25.9 Å². The van der Waals surface area contributed by atoms with E-state index in [4.69, 9.17) is 0 Å². The van der Waals surface area contributed by atoms with Gasteiger partial charge in [0, 0.05) is 0 Å². The molecule has 1 heteroatoms. The van der Waals surface area contributed by atoms with Crippen LogP contribution in [0.2, 0.25) is 0 Å². The highest BCUT2D eigenvalue weighted by Gasteiger charge is 2.11. The molecule has 0 aromatic heterocycles. The Morgan fingerprint density at radius 3 is 2.24 bits per heavy atom. The molecule has 0 amide bonds. The quantitative estimate of drug-likeness (QED) is 0.797. The van der Waals surface area contributed by atoms with Crippen LogP contribution >= 0.6 is 0 Å². The summed E-state index contributed by atoms with van der Waals surface area (Å²) in [5, 5.41) is 3.51. The Balaban J connectivity index is 2.06. The van der Waals surface area contributed by atoms with E-state index in [-0.39, 0.29) is 0 Å². The van der Waals surface area contributed by atoms with Gasteiger partial charge in [-0.05, 0) is 68.0 Å². The molecule has 0 aliphatic carbocycles. The van der Waals surface area contributed by atoms with Gasteiger partial charge in [-0.15, -0.1) is 0 Å². The molecule has 1 nitrogen and oxygen atoms in total. The monoisotopic (exact) mass is 281 g/mol. The Kier molecular flexibility index (Phi) is 6.01. The lowest BCUT2D eigenvalue weighted by molar-refractivity contribution is 0.478. The van der Waals surface area contributed by atoms with E-state index >= 15 is 0 Å². The average Bonchev–Trinajstić information content (AvgIpc) is 2.49. The molecule has 21 heavy (non-hydrogen) atoms. The molecule has 0 heterocycles. The Morgan fingerprint density at radius 2 is 1.57 bits per heavy atom. The van der Waals surface area contributed by atoms with Crippen LogP contribution in [0.25, 0.3) is 0 Å². The van der Waals surface area contributed by atoms with Crippen molar-refractivity contribution in [3.8, 4) is 0 Å². The van der Waals surface area contributed by atoms with E-state index in [2.05, 4.69) is 74.6 Å². The largest absolute Gasteiger partial charge is 0.317 e. The van der Waals surface area contributed by atoms with Gasteiger partial charge in [0.15, 0.2) is 0 Å². The van der Waals surface area contributed by atoms with Crippen molar-refractivity contribution in [3.05, 3.63) is 70.8 Å². The summed E-state index contributed by atoms with van der Waals surface area (Å²) in [6, 6.07) is 17.7. The summed E-state index contributed by atoms with van der Waals surface area (Å²) in [5.74, 6) is 0.648. The second-order valence-corrected chi connectivity index (χ2v) is 5.99. The van der Waals surface area contributed by atoms with Crippen LogP contribution in [-0.4, -0.2) is 13.1 Å². The highest BCUT2D eigenvalue weighted by atomic mass is 14.8. The van der Waals surface area contributed by atoms with Gasteiger partial charge >= 0.3 is 0 Å². The third kappa shape index (κ3) is 5.02. The van der Waals surface area contributed by atoms with E-state index in [1.54, 1.807) is 0 Å². The van der Waals surface area contributed by atoms with Crippen LogP contribution in [0.4, 0.5) is 0 Å². The number of hydrogen-bond donors (Lipinski definition) is 1. The minimum atomic E-state index is 0.648. The fraction of sp³-hybridized carbons (Fsp3) is 0.400. The van der Waals surface area contributed by atoms with Gasteiger partial charge in [-0.1, -0.05) is 55.5 Å². The fourth-order valence-electron chi connectivity index (χ4n) is 2.78. The molecule has 1 unspecified atom stereocenters. The Bertz CT molecular complexity index is 545. The van der Waals surface area contributed by atoms with Gasteiger partial charge in [-0.25, -0.2) is 0 Å². The number of nitrogens with one attached hydrogen (secondary N) is 1. The molecule has 0 fully saturated rings. The summed E-state index contributed by atoms with van der Waals surface area (Å²) >= 11 is 0. The molecule has 1 N–H and O–H groups in total. The number of benzene rings is 2. The molecule has 0 bridgehead atoms. The van der Waals surface area contributed by atoms with E-state index in [1.807, 2.05) is 0 Å². The average molecular weight is 281 g/mol. The van der Waals surface area contributed by atoms with Crippen LogP contribution in [0, 0.1) is 19.8 Å². The zero-order valence-corrected chi connectivity index (χ0v) is 13.5. The third-order valence-corrected chi connectivity index (χ3v) is 4.15. The molecule has 0 spiro atoms. The first kappa shape index (κ1) is 15.8. The fourth-order valence-corrected chi connectivity index (χ4v) is 2.78. The topological polar surface area (TPSA) is 12.0 Å². The predicted molar refractivity (Wildman–Crippen MR) is 91.8 cm³/mol. The third-order valence-electron chi connectivity index (χ3n) is 4.15. The Labute approximate surface area is 129 Å². The molecular formula is C20H27N. The molecule has 2 rings (SSSR count). The zero-order chi connectivity index (χ0) is 15.1. The van der Waals surface area contributed by atoms with E-state index in [0.29, 0.717) is 5.92 Å². The minimum Gasteiger partial charge on any atom is -0.317 e. The lowest BCUT2D eigenvalue weighted by Gasteiger charge is -2.18. The van der Waals surface area contributed by atoms with Gasteiger partial charge in [-0.3, -0.25) is 0 Å². The van der Waals surface area contributed by atoms with Crippen molar-refractivity contribution in [2.75, 3.05) is 13.1 Å². The number of aryl methyl sites for hydroxylation is 2. The Morgan fingerprint density at radius 1 is 0.857 bits per heavy atom. The first-order chi connectivity index (χ1) is 10.2. The Hall–Kier alpha value is -1.60. The first-order valence-corrected chi connectivity index (χ1v) is 7.99. The van der Waals surface area contributed by atoms with Gasteiger partial charge in [0.1, 0.15) is 0 Å². The molecule has 0 aliphatic heterocycles. The highest BCUT2D eigenvalue weighted by molar-refractivity contribution is 5.30.